The summed E-state index contributed by atoms with van der Waals surface area (Å²) in [5, 5.41) is 6.76. The van der Waals surface area contributed by atoms with Crippen LogP contribution >= 0.6 is 23.2 Å². The first kappa shape index (κ1) is 17.5. The fraction of sp³-hybridized carbons (Fsp3) is 0.312. The summed E-state index contributed by atoms with van der Waals surface area (Å²) in [6.45, 7) is 5.73. The van der Waals surface area contributed by atoms with E-state index in [-0.39, 0.29) is 17.9 Å². The van der Waals surface area contributed by atoms with Gasteiger partial charge in [0.25, 0.3) is 5.91 Å². The molecule has 1 atom stereocenters. The lowest BCUT2D eigenvalue weighted by Crippen LogP contribution is -2.32. The minimum absolute atomic E-state index is 0.0761. The lowest BCUT2D eigenvalue weighted by atomic mass is 10.2. The third-order valence-electron chi connectivity index (χ3n) is 3.28. The number of hydrogen-bond acceptors (Lipinski definition) is 4. The Morgan fingerprint density at radius 3 is 2.52 bits per heavy atom. The maximum absolute atomic E-state index is 12.2. The Morgan fingerprint density at radius 2 is 1.91 bits per heavy atom. The summed E-state index contributed by atoms with van der Waals surface area (Å²) in [7, 11) is 0. The highest BCUT2D eigenvalue weighted by molar-refractivity contribution is 6.39. The van der Waals surface area contributed by atoms with E-state index in [1.54, 1.807) is 31.2 Å². The van der Waals surface area contributed by atoms with Crippen molar-refractivity contribution in [1.82, 2.24) is 15.3 Å². The Balaban J connectivity index is 2.29. The number of para-hydroxylation sites is 1. The molecule has 1 amide bonds. The van der Waals surface area contributed by atoms with Crippen LogP contribution in [0.4, 0.5) is 11.6 Å². The topological polar surface area (TPSA) is 66.9 Å². The van der Waals surface area contributed by atoms with Crippen LogP contribution in [0.1, 0.15) is 36.5 Å². The first-order valence-electron chi connectivity index (χ1n) is 7.28. The van der Waals surface area contributed by atoms with E-state index in [0.717, 1.165) is 6.42 Å². The molecule has 0 bridgehead atoms. The largest absolute Gasteiger partial charge is 0.348 e. The van der Waals surface area contributed by atoms with Crippen LogP contribution in [0, 0.1) is 6.92 Å². The molecule has 122 valence electrons. The number of benzene rings is 1. The maximum atomic E-state index is 12.2. The second-order valence-electron chi connectivity index (χ2n) is 5.22. The quantitative estimate of drug-likeness (QED) is 0.838. The van der Waals surface area contributed by atoms with Gasteiger partial charge in [0.05, 0.1) is 15.7 Å². The SMILES string of the molecule is CCC(C)NC(=O)c1cc(C)nc(Nc2c(Cl)cccc2Cl)n1. The number of aromatic nitrogens is 2. The number of amides is 1. The van der Waals surface area contributed by atoms with Gasteiger partial charge in [-0.2, -0.15) is 0 Å². The van der Waals surface area contributed by atoms with Crippen LogP contribution in [0.2, 0.25) is 10.0 Å². The Morgan fingerprint density at radius 1 is 1.26 bits per heavy atom. The van der Waals surface area contributed by atoms with E-state index >= 15 is 0 Å². The second kappa shape index (κ2) is 7.62. The van der Waals surface area contributed by atoms with E-state index in [9.17, 15) is 4.79 Å². The van der Waals surface area contributed by atoms with Crippen LogP contribution in [0.15, 0.2) is 24.3 Å². The summed E-state index contributed by atoms with van der Waals surface area (Å²) in [6, 6.07) is 6.88. The highest BCUT2D eigenvalue weighted by Gasteiger charge is 2.14. The van der Waals surface area contributed by atoms with Gasteiger partial charge in [-0.3, -0.25) is 4.79 Å². The predicted molar refractivity (Wildman–Crippen MR) is 93.7 cm³/mol. The molecule has 1 aromatic heterocycles. The van der Waals surface area contributed by atoms with Crippen molar-refractivity contribution in [3.63, 3.8) is 0 Å². The monoisotopic (exact) mass is 352 g/mol. The molecule has 2 aromatic rings. The second-order valence-corrected chi connectivity index (χ2v) is 6.04. The molecule has 1 aromatic carbocycles. The minimum Gasteiger partial charge on any atom is -0.348 e. The average molecular weight is 353 g/mol. The molecule has 0 aliphatic carbocycles. The number of carbonyl (C=O) groups excluding carboxylic acids is 1. The minimum atomic E-state index is -0.238. The molecule has 23 heavy (non-hydrogen) atoms. The number of anilines is 2. The summed E-state index contributed by atoms with van der Waals surface area (Å²) in [5.74, 6) is 0.0347. The highest BCUT2D eigenvalue weighted by Crippen LogP contribution is 2.31. The zero-order valence-electron chi connectivity index (χ0n) is 13.2. The van der Waals surface area contributed by atoms with Gasteiger partial charge in [-0.25, -0.2) is 9.97 Å². The van der Waals surface area contributed by atoms with Crippen LogP contribution in [-0.2, 0) is 0 Å². The fourth-order valence-electron chi connectivity index (χ4n) is 1.87. The van der Waals surface area contributed by atoms with E-state index in [1.165, 1.54) is 0 Å². The molecule has 7 heteroatoms. The molecule has 2 N–H and O–H groups in total. The lowest BCUT2D eigenvalue weighted by molar-refractivity contribution is 0.0934. The number of halogens is 2. The van der Waals surface area contributed by atoms with Gasteiger partial charge in [-0.05, 0) is 38.5 Å². The van der Waals surface area contributed by atoms with Crippen molar-refractivity contribution in [2.75, 3.05) is 5.32 Å². The smallest absolute Gasteiger partial charge is 0.270 e. The van der Waals surface area contributed by atoms with E-state index in [0.29, 0.717) is 27.1 Å². The van der Waals surface area contributed by atoms with Gasteiger partial charge < -0.3 is 10.6 Å². The summed E-state index contributed by atoms with van der Waals surface area (Å²) in [5.41, 5.74) is 1.47. The van der Waals surface area contributed by atoms with Gasteiger partial charge in [0.15, 0.2) is 0 Å². The lowest BCUT2D eigenvalue weighted by Gasteiger charge is -2.13. The predicted octanol–water partition coefficient (Wildman–Crippen LogP) is 4.36. The first-order valence-corrected chi connectivity index (χ1v) is 8.04. The highest BCUT2D eigenvalue weighted by atomic mass is 35.5. The third-order valence-corrected chi connectivity index (χ3v) is 3.91. The maximum Gasteiger partial charge on any atom is 0.270 e. The van der Waals surface area contributed by atoms with Crippen molar-refractivity contribution in [2.24, 2.45) is 0 Å². The van der Waals surface area contributed by atoms with Gasteiger partial charge in [0.2, 0.25) is 5.95 Å². The summed E-state index contributed by atoms with van der Waals surface area (Å²) < 4.78 is 0. The summed E-state index contributed by atoms with van der Waals surface area (Å²) >= 11 is 12.3. The van der Waals surface area contributed by atoms with Gasteiger partial charge in [0.1, 0.15) is 5.69 Å². The molecule has 0 spiro atoms. The van der Waals surface area contributed by atoms with Crippen LogP contribution in [0.25, 0.3) is 0 Å². The molecule has 0 aliphatic heterocycles. The van der Waals surface area contributed by atoms with Crippen molar-refractivity contribution in [3.05, 3.63) is 45.7 Å². The molecule has 0 saturated heterocycles. The number of rotatable bonds is 5. The Hall–Kier alpha value is -1.85. The molecule has 5 nitrogen and oxygen atoms in total. The third kappa shape index (κ3) is 4.56. The van der Waals surface area contributed by atoms with Gasteiger partial charge in [0, 0.05) is 11.7 Å². The molecular weight excluding hydrogens is 335 g/mol. The molecule has 2 rings (SSSR count). The Kier molecular flexibility index (Phi) is 5.80. The zero-order chi connectivity index (χ0) is 17.0. The van der Waals surface area contributed by atoms with Gasteiger partial charge >= 0.3 is 0 Å². The number of nitrogens with one attached hydrogen (secondary N) is 2. The molecule has 0 aliphatic rings. The molecule has 0 radical (unpaired) electrons. The van der Waals surface area contributed by atoms with Crippen molar-refractivity contribution in [2.45, 2.75) is 33.2 Å². The molecule has 0 fully saturated rings. The van der Waals surface area contributed by atoms with Crippen LogP contribution < -0.4 is 10.6 Å². The summed E-state index contributed by atoms with van der Waals surface area (Å²) in [6.07, 6.45) is 0.843. The van der Waals surface area contributed by atoms with Crippen LogP contribution in [-0.4, -0.2) is 21.9 Å². The normalized spacial score (nSPS) is 11.9. The van der Waals surface area contributed by atoms with Gasteiger partial charge in [-0.1, -0.05) is 36.2 Å². The molecule has 0 saturated carbocycles. The standard InChI is InChI=1S/C16H18Cl2N4O/c1-4-9(2)19-15(23)13-8-10(3)20-16(21-13)22-14-11(17)6-5-7-12(14)18/h5-9H,4H2,1-3H3,(H,19,23)(H,20,21,22). The molecule has 1 unspecified atom stereocenters. The average Bonchev–Trinajstić information content (AvgIpc) is 2.50. The Labute approximate surface area is 145 Å². The van der Waals surface area contributed by atoms with Crippen molar-refractivity contribution in [1.29, 1.82) is 0 Å². The van der Waals surface area contributed by atoms with E-state index < -0.39 is 0 Å². The number of hydrogen-bond donors (Lipinski definition) is 2. The number of aryl methyl sites for hydroxylation is 1. The zero-order valence-corrected chi connectivity index (χ0v) is 14.7. The number of carbonyl (C=O) groups is 1. The van der Waals surface area contributed by atoms with Gasteiger partial charge in [-0.15, -0.1) is 0 Å². The van der Waals surface area contributed by atoms with Crippen molar-refractivity contribution in [3.8, 4) is 0 Å². The van der Waals surface area contributed by atoms with E-state index in [1.807, 2.05) is 13.8 Å². The molecule has 1 heterocycles. The summed E-state index contributed by atoms with van der Waals surface area (Å²) in [4.78, 5) is 20.7. The Bertz CT molecular complexity index is 701. The number of nitrogens with zero attached hydrogens (tertiary/aromatic N) is 2. The van der Waals surface area contributed by atoms with Crippen LogP contribution in [0.5, 0.6) is 0 Å². The van der Waals surface area contributed by atoms with Crippen molar-refractivity contribution < 1.29 is 4.79 Å². The fourth-order valence-corrected chi connectivity index (χ4v) is 2.36. The van der Waals surface area contributed by atoms with E-state index in [2.05, 4.69) is 20.6 Å². The van der Waals surface area contributed by atoms with Crippen molar-refractivity contribution >= 4 is 40.7 Å². The molecular formula is C16H18Cl2N4O. The first-order chi connectivity index (χ1) is 10.9. The van der Waals surface area contributed by atoms with E-state index in [4.69, 9.17) is 23.2 Å². The van der Waals surface area contributed by atoms with Crippen LogP contribution in [0.3, 0.4) is 0 Å².